The number of rotatable bonds is 4. The van der Waals surface area contributed by atoms with Gasteiger partial charge in [0.2, 0.25) is 0 Å². The lowest BCUT2D eigenvalue weighted by Gasteiger charge is -2.60. The molecule has 3 unspecified atom stereocenters. The van der Waals surface area contributed by atoms with Gasteiger partial charge < -0.3 is 4.74 Å². The van der Waals surface area contributed by atoms with E-state index in [-0.39, 0.29) is 0 Å². The first kappa shape index (κ1) is 24.1. The summed E-state index contributed by atoms with van der Waals surface area (Å²) in [6, 6.07) is 10.6. The molecule has 7 atom stereocenters. The van der Waals surface area contributed by atoms with Crippen molar-refractivity contribution >= 4 is 29.3 Å². The first-order valence-corrected chi connectivity index (χ1v) is 15.2. The standard InChI is InChI=1S/C30H40N2OS2/c1-4-33-27-13-12-24-23-11-10-21-18-22(14-16-29(21,2)25(23)15-17-30(24,27)3)31-32-26(19-35-28(32)34)20-8-6-5-7-9-20/h5-9,19,21,23-25,27H,4,10-18H2,1-3H3/b31-22+/t21-,23?,24?,25?,27-,29-,30-/m0/s1. The Morgan fingerprint density at radius 2 is 1.83 bits per heavy atom. The Balaban J connectivity index is 1.23. The van der Waals surface area contributed by atoms with E-state index in [1.807, 2.05) is 4.68 Å². The van der Waals surface area contributed by atoms with Crippen molar-refractivity contribution in [1.29, 1.82) is 0 Å². The molecule has 4 aliphatic rings. The van der Waals surface area contributed by atoms with Gasteiger partial charge in [-0.2, -0.15) is 5.10 Å². The maximum Gasteiger partial charge on any atom is 0.182 e. The van der Waals surface area contributed by atoms with Crippen molar-refractivity contribution < 1.29 is 4.74 Å². The highest BCUT2D eigenvalue weighted by molar-refractivity contribution is 7.73. The number of hydrogen-bond acceptors (Lipinski definition) is 4. The molecule has 4 fully saturated rings. The molecule has 0 N–H and O–H groups in total. The molecule has 1 aromatic heterocycles. The molecule has 35 heavy (non-hydrogen) atoms. The van der Waals surface area contributed by atoms with Crippen LogP contribution in [0.1, 0.15) is 78.6 Å². The van der Waals surface area contributed by atoms with Crippen LogP contribution in [-0.2, 0) is 4.74 Å². The van der Waals surface area contributed by atoms with Gasteiger partial charge in [0.25, 0.3) is 0 Å². The van der Waals surface area contributed by atoms with E-state index in [9.17, 15) is 0 Å². The summed E-state index contributed by atoms with van der Waals surface area (Å²) in [6.07, 6.45) is 12.2. The van der Waals surface area contributed by atoms with Crippen molar-refractivity contribution in [3.63, 3.8) is 0 Å². The fraction of sp³-hybridized carbons (Fsp3) is 0.667. The van der Waals surface area contributed by atoms with Crippen LogP contribution in [0.25, 0.3) is 11.3 Å². The first-order valence-electron chi connectivity index (χ1n) is 13.9. The topological polar surface area (TPSA) is 26.5 Å². The van der Waals surface area contributed by atoms with Crippen molar-refractivity contribution in [2.24, 2.45) is 39.6 Å². The molecule has 0 radical (unpaired) electrons. The van der Waals surface area contributed by atoms with E-state index in [4.69, 9.17) is 22.1 Å². The van der Waals surface area contributed by atoms with Gasteiger partial charge in [-0.1, -0.05) is 44.2 Å². The molecule has 0 amide bonds. The largest absolute Gasteiger partial charge is 0.378 e. The predicted octanol–water partition coefficient (Wildman–Crippen LogP) is 8.60. The average Bonchev–Trinajstić information content (AvgIpc) is 3.39. The molecule has 4 saturated carbocycles. The molecular weight excluding hydrogens is 468 g/mol. The molecule has 0 spiro atoms. The number of ether oxygens (including phenoxy) is 1. The zero-order valence-corrected chi connectivity index (χ0v) is 23.2. The van der Waals surface area contributed by atoms with Crippen LogP contribution in [-0.4, -0.2) is 23.1 Å². The number of thiazole rings is 1. The van der Waals surface area contributed by atoms with Crippen LogP contribution in [0.4, 0.5) is 0 Å². The van der Waals surface area contributed by atoms with Crippen LogP contribution < -0.4 is 0 Å². The summed E-state index contributed by atoms with van der Waals surface area (Å²) in [5.41, 5.74) is 4.55. The van der Waals surface area contributed by atoms with Crippen LogP contribution in [0.15, 0.2) is 40.8 Å². The quantitative estimate of drug-likeness (QED) is 0.387. The minimum Gasteiger partial charge on any atom is -0.378 e. The number of benzene rings is 1. The third kappa shape index (κ3) is 3.92. The number of aromatic nitrogens is 1. The van der Waals surface area contributed by atoms with Crippen LogP contribution in [0.3, 0.4) is 0 Å². The Hall–Kier alpha value is -1.30. The zero-order chi connectivity index (χ0) is 24.2. The molecule has 0 aliphatic heterocycles. The molecule has 1 aromatic carbocycles. The molecule has 4 aliphatic carbocycles. The molecule has 2 aromatic rings. The first-order chi connectivity index (χ1) is 16.9. The highest BCUT2D eigenvalue weighted by Crippen LogP contribution is 2.66. The summed E-state index contributed by atoms with van der Waals surface area (Å²) in [7, 11) is 0. The third-order valence-corrected chi connectivity index (χ3v) is 11.9. The van der Waals surface area contributed by atoms with Crippen LogP contribution in [0, 0.1) is 38.5 Å². The summed E-state index contributed by atoms with van der Waals surface area (Å²) in [5.74, 6) is 3.40. The van der Waals surface area contributed by atoms with Gasteiger partial charge in [0.1, 0.15) is 0 Å². The van der Waals surface area contributed by atoms with Crippen LogP contribution in [0.5, 0.6) is 0 Å². The third-order valence-electron chi connectivity index (χ3n) is 10.8. The fourth-order valence-electron chi connectivity index (χ4n) is 8.92. The van der Waals surface area contributed by atoms with Crippen molar-refractivity contribution in [2.75, 3.05) is 6.61 Å². The number of fused-ring (bicyclic) bond motifs is 5. The molecule has 6 rings (SSSR count). The lowest BCUT2D eigenvalue weighted by atomic mass is 9.45. The molecule has 0 saturated heterocycles. The van der Waals surface area contributed by atoms with Crippen molar-refractivity contribution in [3.8, 4) is 11.3 Å². The SMILES string of the molecule is CCO[C@H]1CCC2C3CC[C@H]4C/C(=N/n5c(-c6ccccc6)csc5=S)CC[C@]4(C)C3CC[C@@]21C. The van der Waals surface area contributed by atoms with E-state index in [1.54, 1.807) is 11.3 Å². The predicted molar refractivity (Wildman–Crippen MR) is 149 cm³/mol. The minimum atomic E-state index is 0.408. The van der Waals surface area contributed by atoms with Gasteiger partial charge in [-0.15, -0.1) is 11.3 Å². The Morgan fingerprint density at radius 1 is 1.03 bits per heavy atom. The highest BCUT2D eigenvalue weighted by Gasteiger charge is 2.60. The summed E-state index contributed by atoms with van der Waals surface area (Å²) < 4.78 is 9.17. The van der Waals surface area contributed by atoms with Crippen molar-refractivity contribution in [2.45, 2.75) is 84.7 Å². The Morgan fingerprint density at radius 3 is 2.63 bits per heavy atom. The molecule has 3 nitrogen and oxygen atoms in total. The second-order valence-corrected chi connectivity index (χ2v) is 13.7. The molecule has 1 heterocycles. The van der Waals surface area contributed by atoms with E-state index < -0.39 is 0 Å². The maximum atomic E-state index is 6.28. The summed E-state index contributed by atoms with van der Waals surface area (Å²) in [5, 5.41) is 7.36. The molecule has 0 bridgehead atoms. The highest BCUT2D eigenvalue weighted by atomic mass is 32.1. The van der Waals surface area contributed by atoms with Crippen molar-refractivity contribution in [3.05, 3.63) is 39.7 Å². The maximum absolute atomic E-state index is 6.28. The van der Waals surface area contributed by atoms with Gasteiger partial charge in [-0.05, 0) is 111 Å². The summed E-state index contributed by atoms with van der Waals surface area (Å²) in [6.45, 7) is 8.25. The second kappa shape index (κ2) is 9.22. The zero-order valence-electron chi connectivity index (χ0n) is 21.5. The van der Waals surface area contributed by atoms with Gasteiger partial charge in [0, 0.05) is 23.3 Å². The second-order valence-electron chi connectivity index (χ2n) is 12.2. The van der Waals surface area contributed by atoms with E-state index in [2.05, 4.69) is 56.5 Å². The van der Waals surface area contributed by atoms with Gasteiger partial charge in [-0.3, -0.25) is 0 Å². The molecule has 5 heteroatoms. The summed E-state index contributed by atoms with van der Waals surface area (Å²) in [4.78, 5) is 0. The Kier molecular flexibility index (Phi) is 6.34. The van der Waals surface area contributed by atoms with Gasteiger partial charge in [-0.25, -0.2) is 4.68 Å². The van der Waals surface area contributed by atoms with Crippen molar-refractivity contribution in [1.82, 2.24) is 4.68 Å². The summed E-state index contributed by atoms with van der Waals surface area (Å²) >= 11 is 7.32. The lowest BCUT2D eigenvalue weighted by Crippen LogP contribution is -2.54. The molecule has 188 valence electrons. The number of hydrogen-bond donors (Lipinski definition) is 0. The lowest BCUT2D eigenvalue weighted by molar-refractivity contribution is -0.122. The fourth-order valence-corrected chi connectivity index (χ4v) is 9.89. The average molecular weight is 509 g/mol. The molecular formula is C30H40N2OS2. The number of nitrogens with zero attached hydrogens (tertiary/aromatic N) is 2. The van der Waals surface area contributed by atoms with E-state index in [1.165, 1.54) is 56.2 Å². The Labute approximate surface area is 220 Å². The normalized spacial score (nSPS) is 39.7. The monoisotopic (exact) mass is 508 g/mol. The minimum absolute atomic E-state index is 0.408. The smallest absolute Gasteiger partial charge is 0.182 e. The van der Waals surface area contributed by atoms with E-state index in [0.29, 0.717) is 16.9 Å². The Bertz CT molecular complexity index is 1150. The van der Waals surface area contributed by atoms with Gasteiger partial charge in [0.05, 0.1) is 11.8 Å². The van der Waals surface area contributed by atoms with Gasteiger partial charge in [0.15, 0.2) is 3.95 Å². The van der Waals surface area contributed by atoms with Crippen LogP contribution >= 0.6 is 23.6 Å². The van der Waals surface area contributed by atoms with Crippen LogP contribution in [0.2, 0.25) is 0 Å². The van der Waals surface area contributed by atoms with E-state index in [0.717, 1.165) is 52.8 Å². The van der Waals surface area contributed by atoms with E-state index >= 15 is 0 Å². The van der Waals surface area contributed by atoms with Gasteiger partial charge >= 0.3 is 0 Å².